The van der Waals surface area contributed by atoms with E-state index in [2.05, 4.69) is 33.8 Å². The summed E-state index contributed by atoms with van der Waals surface area (Å²) in [5.41, 5.74) is 3.51. The third-order valence-electron chi connectivity index (χ3n) is 7.73. The van der Waals surface area contributed by atoms with Gasteiger partial charge in [0.25, 0.3) is 0 Å². The van der Waals surface area contributed by atoms with Crippen LogP contribution in [0.4, 0.5) is 4.79 Å². The van der Waals surface area contributed by atoms with Gasteiger partial charge in [0.05, 0.1) is 30.4 Å². The highest BCUT2D eigenvalue weighted by atomic mass is 16.4. The van der Waals surface area contributed by atoms with Crippen LogP contribution in [-0.4, -0.2) is 48.9 Å². The van der Waals surface area contributed by atoms with Crippen LogP contribution < -0.4 is 0 Å². The van der Waals surface area contributed by atoms with Gasteiger partial charge in [-0.2, -0.15) is 0 Å². The van der Waals surface area contributed by atoms with Crippen molar-refractivity contribution in [1.82, 2.24) is 14.5 Å². The Kier molecular flexibility index (Phi) is 2.98. The molecular formula is C21H23N3O3. The largest absolute Gasteiger partial charge is 0.465 e. The quantitative estimate of drug-likeness (QED) is 0.814. The molecule has 6 atom stereocenters. The lowest BCUT2D eigenvalue weighted by Gasteiger charge is -2.59. The van der Waals surface area contributed by atoms with Crippen molar-refractivity contribution in [2.75, 3.05) is 0 Å². The topological polar surface area (TPSA) is 78.6 Å². The van der Waals surface area contributed by atoms with E-state index in [1.54, 1.807) is 4.90 Å². The Bertz CT molecular complexity index is 924. The van der Waals surface area contributed by atoms with Crippen molar-refractivity contribution in [3.63, 3.8) is 0 Å². The van der Waals surface area contributed by atoms with Crippen LogP contribution in [0.25, 0.3) is 11.3 Å². The molecule has 4 aliphatic rings. The summed E-state index contributed by atoms with van der Waals surface area (Å²) in [5.74, 6) is 0.164. The molecule has 140 valence electrons. The second kappa shape index (κ2) is 5.13. The number of benzene rings is 1. The number of fused-ring (bicyclic) bond motifs is 5. The Morgan fingerprint density at radius 3 is 2.59 bits per heavy atom. The van der Waals surface area contributed by atoms with Crippen LogP contribution in [0.3, 0.4) is 0 Å². The van der Waals surface area contributed by atoms with Gasteiger partial charge in [0, 0.05) is 29.0 Å². The molecular weight excluding hydrogens is 342 g/mol. The Morgan fingerprint density at radius 1 is 1.15 bits per heavy atom. The molecule has 0 radical (unpaired) electrons. The van der Waals surface area contributed by atoms with Gasteiger partial charge < -0.3 is 19.7 Å². The van der Waals surface area contributed by atoms with Crippen LogP contribution in [0, 0.1) is 11.3 Å². The van der Waals surface area contributed by atoms with Crippen LogP contribution in [0.5, 0.6) is 0 Å². The second-order valence-electron chi connectivity index (χ2n) is 8.88. The molecule has 2 saturated heterocycles. The minimum atomic E-state index is -0.796. The van der Waals surface area contributed by atoms with Crippen molar-refractivity contribution in [2.45, 2.75) is 56.3 Å². The number of piperidine rings is 1. The molecule has 27 heavy (non-hydrogen) atoms. The molecule has 1 amide bonds. The van der Waals surface area contributed by atoms with E-state index in [0.717, 1.165) is 37.8 Å². The van der Waals surface area contributed by atoms with Crippen LogP contribution >= 0.6 is 0 Å². The van der Waals surface area contributed by atoms with Gasteiger partial charge in [0.2, 0.25) is 0 Å². The highest BCUT2D eigenvalue weighted by Gasteiger charge is 2.62. The molecule has 2 bridgehead atoms. The predicted molar refractivity (Wildman–Crippen MR) is 98.3 cm³/mol. The van der Waals surface area contributed by atoms with Crippen LogP contribution in [0.1, 0.15) is 43.7 Å². The maximum atomic E-state index is 11.6. The number of hydrogen-bond acceptors (Lipinski definition) is 3. The lowest BCUT2D eigenvalue weighted by molar-refractivity contribution is -0.166. The maximum absolute atomic E-state index is 11.6. The SMILES string of the molecule is O=C(O)N1[C@@H]2CC[C@H]1C[C@@]1(C[C@H]([C@@H]3c4ccccc4-c4cncn43)[C@H]1O)C2. The molecule has 1 aliphatic carbocycles. The molecule has 2 N–H and O–H groups in total. The summed E-state index contributed by atoms with van der Waals surface area (Å²) in [7, 11) is 0. The molecule has 1 aromatic heterocycles. The van der Waals surface area contributed by atoms with Gasteiger partial charge in [-0.3, -0.25) is 0 Å². The maximum Gasteiger partial charge on any atom is 0.407 e. The van der Waals surface area contributed by atoms with Gasteiger partial charge in [0.15, 0.2) is 0 Å². The summed E-state index contributed by atoms with van der Waals surface area (Å²) >= 11 is 0. The van der Waals surface area contributed by atoms with E-state index in [0.29, 0.717) is 0 Å². The molecule has 2 aromatic rings. The molecule has 6 heteroatoms. The van der Waals surface area contributed by atoms with E-state index < -0.39 is 6.09 Å². The molecule has 3 fully saturated rings. The second-order valence-corrected chi connectivity index (χ2v) is 8.88. The van der Waals surface area contributed by atoms with Gasteiger partial charge in [0.1, 0.15) is 0 Å². The number of rotatable bonds is 1. The zero-order valence-electron chi connectivity index (χ0n) is 15.0. The lowest BCUT2D eigenvalue weighted by Crippen LogP contribution is -2.62. The van der Waals surface area contributed by atoms with Crippen molar-refractivity contribution in [3.8, 4) is 11.3 Å². The average molecular weight is 365 g/mol. The third-order valence-corrected chi connectivity index (χ3v) is 7.73. The van der Waals surface area contributed by atoms with E-state index >= 15 is 0 Å². The fourth-order valence-electron chi connectivity index (χ4n) is 6.69. The van der Waals surface area contributed by atoms with Crippen molar-refractivity contribution >= 4 is 6.09 Å². The zero-order valence-corrected chi connectivity index (χ0v) is 15.0. The Hall–Kier alpha value is -2.34. The number of imidazole rings is 1. The first-order chi connectivity index (χ1) is 13.1. The molecule has 3 aliphatic heterocycles. The van der Waals surface area contributed by atoms with Gasteiger partial charge >= 0.3 is 6.09 Å². The van der Waals surface area contributed by atoms with Crippen molar-refractivity contribution in [2.24, 2.45) is 11.3 Å². The number of aliphatic hydroxyl groups is 1. The van der Waals surface area contributed by atoms with Crippen LogP contribution in [0.2, 0.25) is 0 Å². The summed E-state index contributed by atoms with van der Waals surface area (Å²) in [5, 5.41) is 20.8. The van der Waals surface area contributed by atoms with Gasteiger partial charge in [-0.1, -0.05) is 24.3 Å². The lowest BCUT2D eigenvalue weighted by atomic mass is 9.51. The normalized spacial score (nSPS) is 38.6. The smallest absolute Gasteiger partial charge is 0.407 e. The van der Waals surface area contributed by atoms with Gasteiger partial charge in [-0.15, -0.1) is 0 Å². The zero-order chi connectivity index (χ0) is 18.3. The van der Waals surface area contributed by atoms with Crippen LogP contribution in [0.15, 0.2) is 36.8 Å². The average Bonchev–Trinajstić information content (AvgIpc) is 3.32. The standard InChI is InChI=1S/C21H23N3O3/c25-19-16(9-21(19)7-12-5-6-13(8-21)24(12)20(26)27)18-15-4-2-1-3-14(15)17-10-22-11-23(17)18/h1-4,10-13,16,18-19,25H,5-9H2,(H,26,27)/t12-,13+,16-,18+,19-,21-/m1/s1. The molecule has 1 spiro atoms. The van der Waals surface area contributed by atoms with E-state index in [-0.39, 0.29) is 35.6 Å². The van der Waals surface area contributed by atoms with Gasteiger partial charge in [-0.05, 0) is 37.7 Å². The molecule has 4 heterocycles. The molecule has 1 saturated carbocycles. The minimum absolute atomic E-state index is 0.0801. The van der Waals surface area contributed by atoms with Crippen molar-refractivity contribution < 1.29 is 15.0 Å². The number of amides is 1. The van der Waals surface area contributed by atoms with E-state index in [1.165, 1.54) is 11.1 Å². The fraction of sp³-hybridized carbons (Fsp3) is 0.524. The monoisotopic (exact) mass is 365 g/mol. The number of aliphatic hydroxyl groups excluding tert-OH is 1. The summed E-state index contributed by atoms with van der Waals surface area (Å²) < 4.78 is 2.21. The number of carboxylic acid groups (broad SMARTS) is 1. The van der Waals surface area contributed by atoms with Crippen LogP contribution in [-0.2, 0) is 0 Å². The van der Waals surface area contributed by atoms with E-state index in [4.69, 9.17) is 0 Å². The van der Waals surface area contributed by atoms with Crippen molar-refractivity contribution in [1.29, 1.82) is 0 Å². The van der Waals surface area contributed by atoms with E-state index in [9.17, 15) is 15.0 Å². The molecule has 6 rings (SSSR count). The summed E-state index contributed by atoms with van der Waals surface area (Å²) in [6.07, 6.45) is 7.06. The van der Waals surface area contributed by atoms with E-state index in [1.807, 2.05) is 12.5 Å². The highest BCUT2D eigenvalue weighted by molar-refractivity contribution is 5.69. The first-order valence-corrected chi connectivity index (χ1v) is 9.89. The minimum Gasteiger partial charge on any atom is -0.465 e. The number of nitrogens with zero attached hydrogens (tertiary/aromatic N) is 3. The van der Waals surface area contributed by atoms with Crippen molar-refractivity contribution in [3.05, 3.63) is 42.4 Å². The Morgan fingerprint density at radius 2 is 1.89 bits per heavy atom. The molecule has 6 nitrogen and oxygen atoms in total. The first-order valence-electron chi connectivity index (χ1n) is 9.89. The Balaban J connectivity index is 1.31. The first kappa shape index (κ1) is 15.7. The summed E-state index contributed by atoms with van der Waals surface area (Å²) in [6, 6.07) is 8.72. The van der Waals surface area contributed by atoms with Gasteiger partial charge in [-0.25, -0.2) is 9.78 Å². The molecule has 0 unspecified atom stereocenters. The molecule has 1 aromatic carbocycles. The summed E-state index contributed by atoms with van der Waals surface area (Å²) in [6.45, 7) is 0. The number of carbonyl (C=O) groups is 1. The Labute approximate surface area is 157 Å². The summed E-state index contributed by atoms with van der Waals surface area (Å²) in [4.78, 5) is 17.6. The number of aromatic nitrogens is 2. The third kappa shape index (κ3) is 1.89. The number of hydrogen-bond donors (Lipinski definition) is 2. The predicted octanol–water partition coefficient (Wildman–Crippen LogP) is 3.12. The highest BCUT2D eigenvalue weighted by Crippen LogP contribution is 2.62. The fourth-order valence-corrected chi connectivity index (χ4v) is 6.69.